The Morgan fingerprint density at radius 2 is 1.87 bits per heavy atom. The predicted molar refractivity (Wildman–Crippen MR) is 119 cm³/mol. The van der Waals surface area contributed by atoms with E-state index in [0.29, 0.717) is 0 Å². The molecular formula is C24H30N4O2. The molecule has 1 amide bonds. The van der Waals surface area contributed by atoms with Crippen molar-refractivity contribution in [2.24, 2.45) is 5.92 Å². The van der Waals surface area contributed by atoms with Gasteiger partial charge in [0.15, 0.2) is 0 Å². The van der Waals surface area contributed by atoms with Crippen LogP contribution in [0.3, 0.4) is 0 Å². The monoisotopic (exact) mass is 406 g/mol. The molecule has 1 saturated heterocycles. The van der Waals surface area contributed by atoms with Crippen LogP contribution in [0.15, 0.2) is 30.4 Å². The molecule has 6 nitrogen and oxygen atoms in total. The molecule has 1 aromatic carbocycles. The van der Waals surface area contributed by atoms with Gasteiger partial charge in [-0.3, -0.25) is 9.36 Å². The molecule has 3 aliphatic rings. The topological polar surface area (TPSA) is 70.4 Å². The van der Waals surface area contributed by atoms with Gasteiger partial charge in [-0.25, -0.2) is 4.98 Å². The normalized spacial score (nSPS) is 24.2. The van der Waals surface area contributed by atoms with Crippen molar-refractivity contribution in [1.82, 2.24) is 14.9 Å². The lowest BCUT2D eigenvalue weighted by molar-refractivity contribution is -0.127. The number of amides is 1. The van der Waals surface area contributed by atoms with Crippen molar-refractivity contribution in [2.75, 3.05) is 18.0 Å². The van der Waals surface area contributed by atoms with Crippen LogP contribution < -0.4 is 10.2 Å². The van der Waals surface area contributed by atoms with Crippen LogP contribution in [0.5, 0.6) is 0 Å². The van der Waals surface area contributed by atoms with Crippen LogP contribution >= 0.6 is 0 Å². The maximum atomic E-state index is 12.7. The number of imidazole rings is 1. The minimum Gasteiger partial charge on any atom is -0.391 e. The van der Waals surface area contributed by atoms with Gasteiger partial charge in [-0.2, -0.15) is 0 Å². The number of rotatable bonds is 4. The summed E-state index contributed by atoms with van der Waals surface area (Å²) in [6, 6.07) is 4.32. The molecule has 0 bridgehead atoms. The van der Waals surface area contributed by atoms with Crippen LogP contribution in [0.25, 0.3) is 16.7 Å². The summed E-state index contributed by atoms with van der Waals surface area (Å²) in [4.78, 5) is 20.0. The molecule has 2 aromatic rings. The van der Waals surface area contributed by atoms with E-state index in [0.717, 1.165) is 67.9 Å². The Morgan fingerprint density at radius 3 is 2.50 bits per heavy atom. The molecule has 2 fully saturated rings. The highest BCUT2D eigenvalue weighted by atomic mass is 16.3. The van der Waals surface area contributed by atoms with Gasteiger partial charge in [0.1, 0.15) is 0 Å². The van der Waals surface area contributed by atoms with E-state index in [-0.39, 0.29) is 24.0 Å². The molecule has 0 spiro atoms. The summed E-state index contributed by atoms with van der Waals surface area (Å²) in [7, 11) is 0. The summed E-state index contributed by atoms with van der Waals surface area (Å²) < 4.78 is 2.25. The van der Waals surface area contributed by atoms with E-state index < -0.39 is 0 Å². The number of carbonyl (C=O) groups excluding carboxylic acids is 1. The minimum absolute atomic E-state index is 0.0131. The molecule has 2 atom stereocenters. The number of nitrogens with one attached hydrogen (secondary N) is 1. The molecule has 6 heteroatoms. The van der Waals surface area contributed by atoms with E-state index in [9.17, 15) is 9.90 Å². The van der Waals surface area contributed by atoms with Gasteiger partial charge in [0.2, 0.25) is 11.9 Å². The second kappa shape index (κ2) is 7.58. The standard InChI is InChI=1S/C24H30N4O2/c1-15-13-20-21(14-16(15)2)28(18-5-3-6-18)24(26-20)27-11-9-17(10-12-27)23(30)25-19-7-4-8-22(19)29/h3,5-6,13-14,17,19,22,29H,4,7-12H2,1-2H3,(H,25,30). The number of aromatic nitrogens is 2. The third-order valence-electron chi connectivity index (χ3n) is 7.00. The zero-order valence-electron chi connectivity index (χ0n) is 17.8. The Hall–Kier alpha value is -2.60. The molecule has 30 heavy (non-hydrogen) atoms. The van der Waals surface area contributed by atoms with E-state index >= 15 is 0 Å². The van der Waals surface area contributed by atoms with E-state index in [1.54, 1.807) is 0 Å². The number of hydrogen-bond donors (Lipinski definition) is 2. The first-order chi connectivity index (χ1) is 14.5. The van der Waals surface area contributed by atoms with Crippen LogP contribution in [0, 0.1) is 19.8 Å². The minimum atomic E-state index is -0.385. The molecule has 158 valence electrons. The van der Waals surface area contributed by atoms with E-state index in [1.165, 1.54) is 11.1 Å². The first-order valence-electron chi connectivity index (χ1n) is 11.1. The van der Waals surface area contributed by atoms with Crippen molar-refractivity contribution < 1.29 is 9.90 Å². The molecule has 1 aliphatic heterocycles. The Bertz CT molecular complexity index is 1040. The summed E-state index contributed by atoms with van der Waals surface area (Å²) in [6.07, 6.45) is 10.2. The zero-order chi connectivity index (χ0) is 20.8. The fraction of sp³-hybridized carbons (Fsp3) is 0.500. The summed E-state index contributed by atoms with van der Waals surface area (Å²) in [5.41, 5.74) is 5.83. The smallest absolute Gasteiger partial charge is 0.223 e. The SMILES string of the molecule is Cc1cc2nc(N3CCC(C(=O)NC4CCCC4O)CC3)n(C3=CC=C3)c2cc1C. The van der Waals surface area contributed by atoms with Gasteiger partial charge in [0, 0.05) is 24.7 Å². The molecule has 2 heterocycles. The van der Waals surface area contributed by atoms with Gasteiger partial charge in [0.25, 0.3) is 0 Å². The Balaban J connectivity index is 1.34. The number of benzene rings is 1. The second-order valence-corrected chi connectivity index (χ2v) is 9.00. The highest BCUT2D eigenvalue weighted by Crippen LogP contribution is 2.33. The maximum Gasteiger partial charge on any atom is 0.223 e. The number of anilines is 1. The second-order valence-electron chi connectivity index (χ2n) is 9.00. The summed E-state index contributed by atoms with van der Waals surface area (Å²) >= 11 is 0. The van der Waals surface area contributed by atoms with E-state index in [2.05, 4.69) is 59.0 Å². The average molecular weight is 407 g/mol. The van der Waals surface area contributed by atoms with Crippen molar-refractivity contribution in [3.05, 3.63) is 41.5 Å². The number of fused-ring (bicyclic) bond motifs is 1. The Morgan fingerprint density at radius 1 is 1.13 bits per heavy atom. The number of aliphatic hydroxyl groups is 1. The van der Waals surface area contributed by atoms with Crippen LogP contribution in [-0.2, 0) is 4.79 Å². The summed E-state index contributed by atoms with van der Waals surface area (Å²) in [6.45, 7) is 5.89. The van der Waals surface area contributed by atoms with Gasteiger partial charge in [0.05, 0.1) is 23.2 Å². The highest BCUT2D eigenvalue weighted by molar-refractivity contribution is 5.88. The highest BCUT2D eigenvalue weighted by Gasteiger charge is 2.32. The molecular weight excluding hydrogens is 376 g/mol. The summed E-state index contributed by atoms with van der Waals surface area (Å²) in [5, 5.41) is 13.1. The van der Waals surface area contributed by atoms with Gasteiger partial charge in [-0.15, -0.1) is 0 Å². The largest absolute Gasteiger partial charge is 0.391 e. The lowest BCUT2D eigenvalue weighted by atomic mass is 9.95. The number of carbonyl (C=O) groups is 1. The van der Waals surface area contributed by atoms with Gasteiger partial charge < -0.3 is 15.3 Å². The van der Waals surface area contributed by atoms with Gasteiger partial charge >= 0.3 is 0 Å². The third kappa shape index (κ3) is 3.33. The number of aliphatic hydroxyl groups excluding tert-OH is 1. The Labute approximate surface area is 177 Å². The molecule has 2 unspecified atom stereocenters. The maximum absolute atomic E-state index is 12.7. The third-order valence-corrected chi connectivity index (χ3v) is 7.00. The first-order valence-corrected chi connectivity index (χ1v) is 11.1. The number of piperidine rings is 1. The average Bonchev–Trinajstić information content (AvgIpc) is 3.25. The van der Waals surface area contributed by atoms with Crippen molar-refractivity contribution in [2.45, 2.75) is 58.1 Å². The number of aryl methyl sites for hydroxylation is 2. The van der Waals surface area contributed by atoms with Crippen molar-refractivity contribution in [3.8, 4) is 0 Å². The van der Waals surface area contributed by atoms with E-state index in [1.807, 2.05) is 0 Å². The molecule has 1 saturated carbocycles. The summed E-state index contributed by atoms with van der Waals surface area (Å²) in [5.74, 6) is 1.08. The van der Waals surface area contributed by atoms with Crippen LogP contribution in [-0.4, -0.2) is 45.8 Å². The fourth-order valence-electron chi connectivity index (χ4n) is 4.87. The first kappa shape index (κ1) is 19.4. The predicted octanol–water partition coefficient (Wildman–Crippen LogP) is 3.31. The zero-order valence-corrected chi connectivity index (χ0v) is 17.8. The number of allylic oxidation sites excluding steroid dienone is 4. The van der Waals surface area contributed by atoms with Gasteiger partial charge in [-0.1, -0.05) is 6.08 Å². The van der Waals surface area contributed by atoms with Crippen molar-refractivity contribution in [3.63, 3.8) is 0 Å². The van der Waals surface area contributed by atoms with Crippen molar-refractivity contribution in [1.29, 1.82) is 0 Å². The lowest BCUT2D eigenvalue weighted by Crippen LogP contribution is -2.46. The molecule has 1 aromatic heterocycles. The van der Waals surface area contributed by atoms with Crippen LogP contribution in [0.4, 0.5) is 5.95 Å². The van der Waals surface area contributed by atoms with E-state index in [4.69, 9.17) is 4.98 Å². The molecule has 0 radical (unpaired) electrons. The van der Waals surface area contributed by atoms with Gasteiger partial charge in [-0.05, 0) is 81.4 Å². The number of hydrogen-bond acceptors (Lipinski definition) is 4. The molecule has 2 aliphatic carbocycles. The van der Waals surface area contributed by atoms with Crippen LogP contribution in [0.1, 0.15) is 43.2 Å². The molecule has 2 N–H and O–H groups in total. The van der Waals surface area contributed by atoms with Crippen LogP contribution in [0.2, 0.25) is 0 Å². The molecule has 5 rings (SSSR count). The quantitative estimate of drug-likeness (QED) is 0.817. The fourth-order valence-corrected chi connectivity index (χ4v) is 4.87. The van der Waals surface area contributed by atoms with Crippen molar-refractivity contribution >= 4 is 28.6 Å². The lowest BCUT2D eigenvalue weighted by Gasteiger charge is -2.33. The Kier molecular flexibility index (Phi) is 4.89. The number of nitrogens with zero attached hydrogens (tertiary/aromatic N) is 3.